The van der Waals surface area contributed by atoms with E-state index in [-0.39, 0.29) is 5.75 Å². The number of carbonyl (C=O) groups is 1. The van der Waals surface area contributed by atoms with Gasteiger partial charge in [0.05, 0.1) is 19.0 Å². The number of imidazole rings is 1. The molecule has 5 rings (SSSR count). The van der Waals surface area contributed by atoms with E-state index in [1.54, 1.807) is 64.0 Å². The SMILES string of the molecule is Cc1nc(N(C)C)c2ncn([C@@H]3O[C@H](CO[P@@](=O)(N[C@H](C)C(=O)OC(C)C)Oc4cccc5ccccc45)[C@@H](O)[C@@]3(C)F)c2n1. The van der Waals surface area contributed by atoms with E-state index in [4.69, 9.17) is 18.5 Å². The monoisotopic (exact) mass is 644 g/mol. The summed E-state index contributed by atoms with van der Waals surface area (Å²) in [6.07, 6.45) is -3.39. The molecule has 3 heterocycles. The minimum Gasteiger partial charge on any atom is -0.462 e. The zero-order valence-corrected chi connectivity index (χ0v) is 27.1. The van der Waals surface area contributed by atoms with E-state index in [0.29, 0.717) is 28.2 Å². The second kappa shape index (κ2) is 12.6. The molecule has 1 saturated heterocycles. The summed E-state index contributed by atoms with van der Waals surface area (Å²) in [5, 5.41) is 15.2. The van der Waals surface area contributed by atoms with Crippen molar-refractivity contribution >= 4 is 41.5 Å². The fourth-order valence-electron chi connectivity index (χ4n) is 5.13. The number of fused-ring (bicyclic) bond motifs is 2. The van der Waals surface area contributed by atoms with Crippen LogP contribution in [0.5, 0.6) is 5.75 Å². The molecule has 4 aromatic rings. The molecule has 6 atom stereocenters. The van der Waals surface area contributed by atoms with Crippen molar-refractivity contribution in [3.05, 3.63) is 54.6 Å². The smallest absolute Gasteiger partial charge is 0.459 e. The highest BCUT2D eigenvalue weighted by Crippen LogP contribution is 2.49. The molecule has 45 heavy (non-hydrogen) atoms. The second-order valence-corrected chi connectivity index (χ2v) is 13.3. The van der Waals surface area contributed by atoms with Crippen LogP contribution in [-0.2, 0) is 23.4 Å². The molecule has 2 N–H and O–H groups in total. The van der Waals surface area contributed by atoms with Crippen molar-refractivity contribution in [1.29, 1.82) is 0 Å². The van der Waals surface area contributed by atoms with Gasteiger partial charge in [-0.05, 0) is 46.1 Å². The molecule has 1 aliphatic heterocycles. The van der Waals surface area contributed by atoms with Crippen LogP contribution in [0.1, 0.15) is 39.7 Å². The van der Waals surface area contributed by atoms with E-state index < -0.39 is 56.6 Å². The molecule has 0 spiro atoms. The summed E-state index contributed by atoms with van der Waals surface area (Å²) in [4.78, 5) is 27.6. The molecule has 0 amide bonds. The van der Waals surface area contributed by atoms with Gasteiger partial charge in [0.15, 0.2) is 28.9 Å². The summed E-state index contributed by atoms with van der Waals surface area (Å²) in [6.45, 7) is 7.19. The third-order valence-corrected chi connectivity index (χ3v) is 8.97. The van der Waals surface area contributed by atoms with Crippen molar-refractivity contribution in [1.82, 2.24) is 24.6 Å². The molecule has 1 aliphatic rings. The Morgan fingerprint density at radius 2 is 1.91 bits per heavy atom. The summed E-state index contributed by atoms with van der Waals surface area (Å²) >= 11 is 0. The molecule has 0 radical (unpaired) electrons. The van der Waals surface area contributed by atoms with Crippen LogP contribution < -0.4 is 14.5 Å². The van der Waals surface area contributed by atoms with Gasteiger partial charge in [-0.2, -0.15) is 5.09 Å². The number of esters is 1. The Labute approximate surface area is 260 Å². The molecule has 0 bridgehead atoms. The Kier molecular flexibility index (Phi) is 9.16. The lowest BCUT2D eigenvalue weighted by molar-refractivity contribution is -0.149. The van der Waals surface area contributed by atoms with Crippen molar-refractivity contribution in [2.45, 2.75) is 70.9 Å². The Hall–Kier alpha value is -3.68. The van der Waals surface area contributed by atoms with Crippen molar-refractivity contribution in [3.63, 3.8) is 0 Å². The van der Waals surface area contributed by atoms with Crippen molar-refractivity contribution in [3.8, 4) is 5.75 Å². The standard InChI is InChI=1S/C30H38FN6O7P/c1-17(2)42-28(39)18(3)35-45(40,44-22-14-10-12-20-11-8-9-13-21(20)22)41-15-23-25(38)30(5,31)29(43-23)37-16-32-24-26(36(6)7)33-19(4)34-27(24)37/h8-14,16-18,23,25,29,38H,15H2,1-7H3,(H,35,40)/t18-,23-,25-,29-,30-,45+/m1/s1. The summed E-state index contributed by atoms with van der Waals surface area (Å²) in [5.74, 6) is 0.531. The third-order valence-electron chi connectivity index (χ3n) is 7.34. The highest BCUT2D eigenvalue weighted by Gasteiger charge is 2.56. The molecule has 2 aromatic carbocycles. The van der Waals surface area contributed by atoms with E-state index in [2.05, 4.69) is 20.0 Å². The summed E-state index contributed by atoms with van der Waals surface area (Å²) in [6, 6.07) is 11.4. The van der Waals surface area contributed by atoms with E-state index in [1.165, 1.54) is 24.7 Å². The Bertz CT molecular complexity index is 1740. The maximum absolute atomic E-state index is 16.2. The number of nitrogens with one attached hydrogen (secondary N) is 1. The molecule has 0 aliphatic carbocycles. The summed E-state index contributed by atoms with van der Waals surface area (Å²) < 4.78 is 54.9. The number of aliphatic hydroxyl groups is 1. The molecule has 13 nitrogen and oxygen atoms in total. The Morgan fingerprint density at radius 1 is 1.20 bits per heavy atom. The molecule has 242 valence electrons. The van der Waals surface area contributed by atoms with E-state index in [9.17, 15) is 14.5 Å². The maximum atomic E-state index is 16.2. The van der Waals surface area contributed by atoms with E-state index in [1.807, 2.05) is 18.2 Å². The lowest BCUT2D eigenvalue weighted by atomic mass is 9.98. The van der Waals surface area contributed by atoms with Gasteiger partial charge in [-0.1, -0.05) is 36.4 Å². The van der Waals surface area contributed by atoms with Crippen LogP contribution in [0.25, 0.3) is 21.9 Å². The lowest BCUT2D eigenvalue weighted by Crippen LogP contribution is -2.41. The zero-order valence-electron chi connectivity index (χ0n) is 26.2. The van der Waals surface area contributed by atoms with Crippen molar-refractivity contribution in [2.75, 3.05) is 25.6 Å². The van der Waals surface area contributed by atoms with Crippen molar-refractivity contribution in [2.24, 2.45) is 0 Å². The van der Waals surface area contributed by atoms with Gasteiger partial charge in [-0.25, -0.2) is 23.9 Å². The number of benzene rings is 2. The number of nitrogens with zero attached hydrogens (tertiary/aromatic N) is 5. The van der Waals surface area contributed by atoms with Gasteiger partial charge in [0.25, 0.3) is 0 Å². The second-order valence-electron chi connectivity index (χ2n) is 11.6. The highest BCUT2D eigenvalue weighted by molar-refractivity contribution is 7.52. The molecule has 0 unspecified atom stereocenters. The van der Waals surface area contributed by atoms with Crippen LogP contribution in [0.3, 0.4) is 0 Å². The lowest BCUT2D eigenvalue weighted by Gasteiger charge is -2.26. The first-order chi connectivity index (χ1) is 21.2. The predicted molar refractivity (Wildman–Crippen MR) is 166 cm³/mol. The minimum atomic E-state index is -4.37. The fraction of sp³-hybridized carbons (Fsp3) is 0.467. The quantitative estimate of drug-likeness (QED) is 0.175. The van der Waals surface area contributed by atoms with Crippen LogP contribution in [0.4, 0.5) is 10.2 Å². The molecule has 15 heteroatoms. The molecule has 1 fully saturated rings. The topological polar surface area (TPSA) is 150 Å². The van der Waals surface area contributed by atoms with Crippen LogP contribution in [0.15, 0.2) is 48.8 Å². The van der Waals surface area contributed by atoms with Gasteiger partial charge >= 0.3 is 13.7 Å². The molecular formula is C30H38FN6O7P. The van der Waals surface area contributed by atoms with Crippen LogP contribution in [-0.4, -0.2) is 81.3 Å². The zero-order chi connectivity index (χ0) is 32.7. The van der Waals surface area contributed by atoms with Gasteiger partial charge in [0.1, 0.15) is 29.8 Å². The first-order valence-corrected chi connectivity index (χ1v) is 16.1. The Morgan fingerprint density at radius 3 is 2.62 bits per heavy atom. The normalized spacial score (nSPS) is 23.7. The summed E-state index contributed by atoms with van der Waals surface area (Å²) in [7, 11) is -0.764. The highest BCUT2D eigenvalue weighted by atomic mass is 31.2. The Balaban J connectivity index is 1.42. The first kappa shape index (κ1) is 32.7. The van der Waals surface area contributed by atoms with Gasteiger partial charge in [-0.15, -0.1) is 0 Å². The molecule has 2 aromatic heterocycles. The van der Waals surface area contributed by atoms with Gasteiger partial charge in [0, 0.05) is 19.5 Å². The number of anilines is 1. The minimum absolute atomic E-state index is 0.228. The van der Waals surface area contributed by atoms with Crippen LogP contribution >= 0.6 is 7.75 Å². The first-order valence-electron chi connectivity index (χ1n) is 14.5. The number of aryl methyl sites for hydroxylation is 1. The number of aliphatic hydroxyl groups excluding tert-OH is 1. The van der Waals surface area contributed by atoms with Crippen LogP contribution in [0.2, 0.25) is 0 Å². The number of carbonyl (C=O) groups excluding carboxylic acids is 1. The number of alkyl halides is 1. The predicted octanol–water partition coefficient (Wildman–Crippen LogP) is 4.47. The molecular weight excluding hydrogens is 606 g/mol. The van der Waals surface area contributed by atoms with Crippen molar-refractivity contribution < 1.29 is 37.4 Å². The number of rotatable bonds is 11. The largest absolute Gasteiger partial charge is 0.462 e. The number of ether oxygens (including phenoxy) is 2. The number of hydrogen-bond acceptors (Lipinski definition) is 11. The number of aromatic nitrogens is 4. The maximum Gasteiger partial charge on any atom is 0.459 e. The van der Waals surface area contributed by atoms with Gasteiger partial charge in [0.2, 0.25) is 0 Å². The third kappa shape index (κ3) is 6.66. The number of hydrogen-bond donors (Lipinski definition) is 2. The van der Waals surface area contributed by atoms with Gasteiger partial charge in [-0.3, -0.25) is 13.9 Å². The van der Waals surface area contributed by atoms with E-state index in [0.717, 1.165) is 5.39 Å². The average molecular weight is 645 g/mol. The fourth-order valence-corrected chi connectivity index (χ4v) is 6.65. The van der Waals surface area contributed by atoms with E-state index >= 15 is 4.39 Å². The number of halogens is 1. The molecule has 0 saturated carbocycles. The average Bonchev–Trinajstić information content (AvgIpc) is 3.48. The van der Waals surface area contributed by atoms with Crippen LogP contribution in [0, 0.1) is 6.92 Å². The van der Waals surface area contributed by atoms with Gasteiger partial charge < -0.3 is 24.0 Å². The summed E-state index contributed by atoms with van der Waals surface area (Å²) in [5.41, 5.74) is -1.59.